The Labute approximate surface area is 82.3 Å². The van der Waals surface area contributed by atoms with E-state index in [1.54, 1.807) is 0 Å². The maximum Gasteiger partial charge on any atom is 0.0121 e. The van der Waals surface area contributed by atoms with Gasteiger partial charge in [-0.1, -0.05) is 26.7 Å². The van der Waals surface area contributed by atoms with Crippen LogP contribution in [0, 0.1) is 11.3 Å². The lowest BCUT2D eigenvalue weighted by molar-refractivity contribution is 0.133. The molecule has 1 aliphatic carbocycles. The normalized spacial score (nSPS) is 45.7. The Bertz CT molecular complexity index is 168. The van der Waals surface area contributed by atoms with Crippen molar-refractivity contribution in [3.05, 3.63) is 0 Å². The van der Waals surface area contributed by atoms with Gasteiger partial charge in [0.2, 0.25) is 0 Å². The summed E-state index contributed by atoms with van der Waals surface area (Å²) in [4.78, 5) is 0. The van der Waals surface area contributed by atoms with Crippen LogP contribution < -0.4 is 5.32 Å². The van der Waals surface area contributed by atoms with E-state index in [-0.39, 0.29) is 0 Å². The SMILES string of the molecule is CCC1NCCC12CCC(C)CC2. The minimum absolute atomic E-state index is 0.710. The molecule has 1 saturated heterocycles. The molecule has 1 N–H and O–H groups in total. The van der Waals surface area contributed by atoms with Gasteiger partial charge in [0.15, 0.2) is 0 Å². The number of rotatable bonds is 1. The summed E-state index contributed by atoms with van der Waals surface area (Å²) in [5, 5.41) is 3.68. The monoisotopic (exact) mass is 181 g/mol. The molecule has 13 heavy (non-hydrogen) atoms. The molecule has 0 amide bonds. The summed E-state index contributed by atoms with van der Waals surface area (Å²) in [6.45, 7) is 6.02. The first kappa shape index (κ1) is 9.51. The van der Waals surface area contributed by atoms with Crippen molar-refractivity contribution in [1.29, 1.82) is 0 Å². The van der Waals surface area contributed by atoms with E-state index in [1.807, 2.05) is 0 Å². The maximum atomic E-state index is 3.68. The van der Waals surface area contributed by atoms with Gasteiger partial charge in [0.25, 0.3) is 0 Å². The molecule has 1 saturated carbocycles. The van der Waals surface area contributed by atoms with Crippen molar-refractivity contribution in [3.63, 3.8) is 0 Å². The Morgan fingerprint density at radius 2 is 1.92 bits per heavy atom. The third kappa shape index (κ3) is 1.63. The van der Waals surface area contributed by atoms with Crippen LogP contribution in [0.3, 0.4) is 0 Å². The molecule has 0 aromatic rings. The highest BCUT2D eigenvalue weighted by Crippen LogP contribution is 2.47. The molecule has 2 aliphatic rings. The quantitative estimate of drug-likeness (QED) is 0.656. The van der Waals surface area contributed by atoms with Gasteiger partial charge in [-0.2, -0.15) is 0 Å². The fraction of sp³-hybridized carbons (Fsp3) is 1.00. The first-order valence-electron chi connectivity index (χ1n) is 6.00. The number of hydrogen-bond donors (Lipinski definition) is 1. The zero-order valence-electron chi connectivity index (χ0n) is 9.10. The molecule has 0 radical (unpaired) electrons. The Kier molecular flexibility index (Phi) is 2.64. The van der Waals surface area contributed by atoms with E-state index in [0.29, 0.717) is 5.41 Å². The smallest absolute Gasteiger partial charge is 0.0121 e. The van der Waals surface area contributed by atoms with Crippen LogP contribution >= 0.6 is 0 Å². The molecule has 1 nitrogen and oxygen atoms in total. The third-order valence-electron chi connectivity index (χ3n) is 4.43. The van der Waals surface area contributed by atoms with Crippen LogP contribution in [0.15, 0.2) is 0 Å². The molecular weight excluding hydrogens is 158 g/mol. The summed E-state index contributed by atoms with van der Waals surface area (Å²) in [6.07, 6.45) is 8.68. The van der Waals surface area contributed by atoms with Crippen LogP contribution in [0.5, 0.6) is 0 Å². The standard InChI is InChI=1S/C12H23N/c1-3-11-12(8-9-13-11)6-4-10(2)5-7-12/h10-11,13H,3-9H2,1-2H3. The van der Waals surface area contributed by atoms with Crippen LogP contribution in [0.1, 0.15) is 52.4 Å². The average Bonchev–Trinajstić information content (AvgIpc) is 2.54. The van der Waals surface area contributed by atoms with E-state index in [9.17, 15) is 0 Å². The molecule has 2 rings (SSSR count). The molecule has 2 fully saturated rings. The highest BCUT2D eigenvalue weighted by Gasteiger charge is 2.43. The average molecular weight is 181 g/mol. The molecular formula is C12H23N. The molecule has 76 valence electrons. The largest absolute Gasteiger partial charge is 0.313 e. The van der Waals surface area contributed by atoms with E-state index in [4.69, 9.17) is 0 Å². The van der Waals surface area contributed by atoms with Crippen molar-refractivity contribution >= 4 is 0 Å². The van der Waals surface area contributed by atoms with Crippen molar-refractivity contribution in [2.24, 2.45) is 11.3 Å². The van der Waals surface area contributed by atoms with Gasteiger partial charge in [-0.25, -0.2) is 0 Å². The summed E-state index contributed by atoms with van der Waals surface area (Å²) in [5.74, 6) is 0.990. The van der Waals surface area contributed by atoms with Crippen LogP contribution in [0.25, 0.3) is 0 Å². The molecule has 1 heteroatoms. The fourth-order valence-corrected chi connectivity index (χ4v) is 3.40. The van der Waals surface area contributed by atoms with Gasteiger partial charge in [0.1, 0.15) is 0 Å². The second-order valence-electron chi connectivity index (χ2n) is 5.21. The van der Waals surface area contributed by atoms with E-state index in [0.717, 1.165) is 12.0 Å². The van der Waals surface area contributed by atoms with Crippen LogP contribution in [0.4, 0.5) is 0 Å². The van der Waals surface area contributed by atoms with Gasteiger partial charge in [0.05, 0.1) is 0 Å². The first-order valence-corrected chi connectivity index (χ1v) is 6.00. The zero-order valence-corrected chi connectivity index (χ0v) is 9.10. The fourth-order valence-electron chi connectivity index (χ4n) is 3.40. The van der Waals surface area contributed by atoms with Crippen molar-refractivity contribution in [3.8, 4) is 0 Å². The summed E-state index contributed by atoms with van der Waals surface area (Å²) in [7, 11) is 0. The Morgan fingerprint density at radius 3 is 2.54 bits per heavy atom. The lowest BCUT2D eigenvalue weighted by Gasteiger charge is -2.40. The van der Waals surface area contributed by atoms with Gasteiger partial charge in [-0.15, -0.1) is 0 Å². The molecule has 1 atom stereocenters. The summed E-state index contributed by atoms with van der Waals surface area (Å²) in [6, 6.07) is 0.833. The molecule has 1 unspecified atom stereocenters. The van der Waals surface area contributed by atoms with Gasteiger partial charge in [0, 0.05) is 6.04 Å². The van der Waals surface area contributed by atoms with E-state index in [1.165, 1.54) is 45.1 Å². The molecule has 1 spiro atoms. The highest BCUT2D eigenvalue weighted by molar-refractivity contribution is 4.98. The van der Waals surface area contributed by atoms with Crippen molar-refractivity contribution < 1.29 is 0 Å². The van der Waals surface area contributed by atoms with Gasteiger partial charge < -0.3 is 5.32 Å². The minimum Gasteiger partial charge on any atom is -0.313 e. The Balaban J connectivity index is 2.02. The van der Waals surface area contributed by atoms with E-state index >= 15 is 0 Å². The molecule has 0 bridgehead atoms. The second-order valence-corrected chi connectivity index (χ2v) is 5.21. The molecule has 1 heterocycles. The van der Waals surface area contributed by atoms with Crippen LogP contribution in [-0.4, -0.2) is 12.6 Å². The lowest BCUT2D eigenvalue weighted by atomic mass is 9.66. The number of nitrogens with one attached hydrogen (secondary N) is 1. The second kappa shape index (κ2) is 3.61. The van der Waals surface area contributed by atoms with E-state index < -0.39 is 0 Å². The van der Waals surface area contributed by atoms with Crippen molar-refractivity contribution in [2.45, 2.75) is 58.4 Å². The third-order valence-corrected chi connectivity index (χ3v) is 4.43. The molecule has 1 aliphatic heterocycles. The Hall–Kier alpha value is -0.0400. The van der Waals surface area contributed by atoms with Crippen LogP contribution in [0.2, 0.25) is 0 Å². The predicted octanol–water partition coefficient (Wildman–Crippen LogP) is 2.95. The van der Waals surface area contributed by atoms with Crippen molar-refractivity contribution in [1.82, 2.24) is 5.32 Å². The lowest BCUT2D eigenvalue weighted by Crippen LogP contribution is -2.38. The summed E-state index contributed by atoms with van der Waals surface area (Å²) >= 11 is 0. The van der Waals surface area contributed by atoms with E-state index in [2.05, 4.69) is 19.2 Å². The van der Waals surface area contributed by atoms with Crippen LogP contribution in [-0.2, 0) is 0 Å². The number of hydrogen-bond acceptors (Lipinski definition) is 1. The molecule has 0 aromatic carbocycles. The summed E-state index contributed by atoms with van der Waals surface area (Å²) in [5.41, 5.74) is 0.710. The minimum atomic E-state index is 0.710. The topological polar surface area (TPSA) is 12.0 Å². The van der Waals surface area contributed by atoms with Crippen molar-refractivity contribution in [2.75, 3.05) is 6.54 Å². The van der Waals surface area contributed by atoms with Gasteiger partial charge in [-0.05, 0) is 43.6 Å². The summed E-state index contributed by atoms with van der Waals surface area (Å²) < 4.78 is 0. The first-order chi connectivity index (χ1) is 6.27. The predicted molar refractivity (Wildman–Crippen MR) is 56.8 cm³/mol. The molecule has 0 aromatic heterocycles. The zero-order chi connectivity index (χ0) is 9.31. The maximum absolute atomic E-state index is 3.68. The van der Waals surface area contributed by atoms with Gasteiger partial charge >= 0.3 is 0 Å². The highest BCUT2D eigenvalue weighted by atomic mass is 15.0. The Morgan fingerprint density at radius 1 is 1.23 bits per heavy atom. The van der Waals surface area contributed by atoms with Gasteiger partial charge in [-0.3, -0.25) is 0 Å².